The fraction of sp³-hybridized carbons (Fsp3) is 0.182. The molecule has 1 aromatic heterocycles. The highest BCUT2D eigenvalue weighted by atomic mass is 35.5. The quantitative estimate of drug-likeness (QED) is 0.778. The van der Waals surface area contributed by atoms with Gasteiger partial charge in [-0.25, -0.2) is 13.6 Å². The molecule has 1 heterocycles. The average Bonchev–Trinajstić information content (AvgIpc) is 2.64. The van der Waals surface area contributed by atoms with E-state index in [9.17, 15) is 13.2 Å². The van der Waals surface area contributed by atoms with Crippen molar-refractivity contribution >= 4 is 54.6 Å². The van der Waals surface area contributed by atoms with E-state index >= 15 is 0 Å². The SMILES string of the molecule is Nc1c(C(=O)NCCS(N)(=O)=O)sc2cc(Cl)ccc12. The van der Waals surface area contributed by atoms with Gasteiger partial charge in [-0.3, -0.25) is 4.79 Å². The topological polar surface area (TPSA) is 115 Å². The Kier molecular flexibility index (Phi) is 4.19. The second-order valence-corrected chi connectivity index (χ2v) is 7.33. The molecule has 0 aliphatic rings. The summed E-state index contributed by atoms with van der Waals surface area (Å²) in [5.41, 5.74) is 6.27. The molecular weight excluding hydrogens is 322 g/mol. The molecule has 2 rings (SSSR count). The number of fused-ring (bicyclic) bond motifs is 1. The summed E-state index contributed by atoms with van der Waals surface area (Å²) in [5, 5.41) is 8.63. The lowest BCUT2D eigenvalue weighted by molar-refractivity contribution is 0.0961. The molecule has 0 bridgehead atoms. The third-order valence-electron chi connectivity index (χ3n) is 2.57. The third kappa shape index (κ3) is 3.40. The number of nitrogens with two attached hydrogens (primary N) is 2. The fourth-order valence-electron chi connectivity index (χ4n) is 1.65. The van der Waals surface area contributed by atoms with Gasteiger partial charge in [-0.05, 0) is 18.2 Å². The monoisotopic (exact) mass is 333 g/mol. The highest BCUT2D eigenvalue weighted by Gasteiger charge is 2.16. The second-order valence-electron chi connectivity index (χ2n) is 4.11. The molecule has 0 unspecified atom stereocenters. The molecule has 0 aliphatic heterocycles. The van der Waals surface area contributed by atoms with Crippen LogP contribution in [0.4, 0.5) is 5.69 Å². The third-order valence-corrected chi connectivity index (χ3v) is 4.74. The Bertz CT molecular complexity index is 771. The zero-order valence-electron chi connectivity index (χ0n) is 10.2. The summed E-state index contributed by atoms with van der Waals surface area (Å²) in [6.07, 6.45) is 0. The van der Waals surface area contributed by atoms with Crippen molar-refractivity contribution in [2.75, 3.05) is 18.0 Å². The molecule has 2 aromatic rings. The van der Waals surface area contributed by atoms with Crippen molar-refractivity contribution in [2.45, 2.75) is 0 Å². The number of benzene rings is 1. The van der Waals surface area contributed by atoms with Gasteiger partial charge in [0.25, 0.3) is 5.91 Å². The number of halogens is 1. The average molecular weight is 334 g/mol. The van der Waals surface area contributed by atoms with E-state index in [4.69, 9.17) is 22.5 Å². The standard InChI is InChI=1S/C11H12ClN3O3S2/c12-6-1-2-7-8(5-6)19-10(9(7)13)11(16)15-3-4-20(14,17)18/h1-2,5H,3-4,13H2,(H,15,16)(H2,14,17,18). The van der Waals surface area contributed by atoms with E-state index in [1.165, 1.54) is 11.3 Å². The zero-order chi connectivity index (χ0) is 14.9. The highest BCUT2D eigenvalue weighted by Crippen LogP contribution is 2.35. The van der Waals surface area contributed by atoms with E-state index in [0.717, 1.165) is 10.1 Å². The number of nitrogens with one attached hydrogen (secondary N) is 1. The maximum Gasteiger partial charge on any atom is 0.263 e. The molecule has 1 aromatic carbocycles. The Labute approximate surface area is 124 Å². The van der Waals surface area contributed by atoms with Gasteiger partial charge < -0.3 is 11.1 Å². The van der Waals surface area contributed by atoms with Crippen molar-refractivity contribution in [3.8, 4) is 0 Å². The Morgan fingerprint density at radius 2 is 2.10 bits per heavy atom. The number of rotatable bonds is 4. The van der Waals surface area contributed by atoms with E-state index in [2.05, 4.69) is 5.32 Å². The molecule has 0 fully saturated rings. The number of anilines is 1. The van der Waals surface area contributed by atoms with Crippen LogP contribution in [0.5, 0.6) is 0 Å². The van der Waals surface area contributed by atoms with E-state index in [1.54, 1.807) is 18.2 Å². The van der Waals surface area contributed by atoms with Crippen LogP contribution in [0.3, 0.4) is 0 Å². The van der Waals surface area contributed by atoms with Gasteiger partial charge in [0, 0.05) is 21.7 Å². The van der Waals surface area contributed by atoms with Crippen LogP contribution >= 0.6 is 22.9 Å². The van der Waals surface area contributed by atoms with Gasteiger partial charge in [0.15, 0.2) is 0 Å². The number of primary sulfonamides is 1. The first-order valence-electron chi connectivity index (χ1n) is 5.54. The summed E-state index contributed by atoms with van der Waals surface area (Å²) in [4.78, 5) is 12.3. The molecule has 9 heteroatoms. The Morgan fingerprint density at radius 3 is 2.75 bits per heavy atom. The van der Waals surface area contributed by atoms with Crippen LogP contribution in [0.1, 0.15) is 9.67 Å². The number of hydrogen-bond donors (Lipinski definition) is 3. The minimum Gasteiger partial charge on any atom is -0.397 e. The first kappa shape index (κ1) is 15.0. The molecule has 0 saturated heterocycles. The Morgan fingerprint density at radius 1 is 1.40 bits per heavy atom. The minimum atomic E-state index is -3.60. The molecule has 0 radical (unpaired) electrons. The summed E-state index contributed by atoms with van der Waals surface area (Å²) < 4.78 is 22.4. The number of sulfonamides is 1. The van der Waals surface area contributed by atoms with Crippen molar-refractivity contribution in [1.82, 2.24) is 5.32 Å². The Hall–Kier alpha value is -1.35. The molecule has 5 N–H and O–H groups in total. The first-order chi connectivity index (χ1) is 9.28. The molecule has 0 saturated carbocycles. The Balaban J connectivity index is 2.20. The van der Waals surface area contributed by atoms with Crippen LogP contribution in [-0.4, -0.2) is 26.6 Å². The summed E-state index contributed by atoms with van der Waals surface area (Å²) in [6.45, 7) is -0.0634. The lowest BCUT2D eigenvalue weighted by atomic mass is 10.2. The number of amides is 1. The predicted octanol–water partition coefficient (Wildman–Crippen LogP) is 1.16. The second kappa shape index (κ2) is 5.57. The lowest BCUT2D eigenvalue weighted by Crippen LogP contribution is -2.31. The smallest absolute Gasteiger partial charge is 0.263 e. The van der Waals surface area contributed by atoms with Crippen molar-refractivity contribution in [3.63, 3.8) is 0 Å². The van der Waals surface area contributed by atoms with E-state index in [-0.39, 0.29) is 12.3 Å². The van der Waals surface area contributed by atoms with Gasteiger partial charge in [-0.15, -0.1) is 11.3 Å². The van der Waals surface area contributed by atoms with Gasteiger partial charge in [0.1, 0.15) is 4.88 Å². The van der Waals surface area contributed by atoms with E-state index < -0.39 is 15.9 Å². The summed E-state index contributed by atoms with van der Waals surface area (Å²) in [7, 11) is -3.60. The lowest BCUT2D eigenvalue weighted by Gasteiger charge is -2.03. The van der Waals surface area contributed by atoms with Crippen LogP contribution in [0.15, 0.2) is 18.2 Å². The predicted molar refractivity (Wildman–Crippen MR) is 81.6 cm³/mol. The largest absolute Gasteiger partial charge is 0.397 e. The van der Waals surface area contributed by atoms with Crippen LogP contribution in [0.2, 0.25) is 5.02 Å². The fourth-order valence-corrected chi connectivity index (χ4v) is 3.35. The van der Waals surface area contributed by atoms with Gasteiger partial charge in [0.2, 0.25) is 10.0 Å². The highest BCUT2D eigenvalue weighted by molar-refractivity contribution is 7.89. The number of nitrogen functional groups attached to an aromatic ring is 1. The maximum atomic E-state index is 12.0. The van der Waals surface area contributed by atoms with Gasteiger partial charge >= 0.3 is 0 Å². The van der Waals surface area contributed by atoms with Crippen molar-refractivity contribution in [3.05, 3.63) is 28.1 Å². The zero-order valence-corrected chi connectivity index (χ0v) is 12.6. The minimum absolute atomic E-state index is 0.0634. The van der Waals surface area contributed by atoms with Crippen LogP contribution in [-0.2, 0) is 10.0 Å². The molecule has 0 atom stereocenters. The maximum absolute atomic E-state index is 12.0. The van der Waals surface area contributed by atoms with Crippen molar-refractivity contribution in [2.24, 2.45) is 5.14 Å². The number of hydrogen-bond acceptors (Lipinski definition) is 5. The molecular formula is C11H12ClN3O3S2. The van der Waals surface area contributed by atoms with Crippen LogP contribution in [0, 0.1) is 0 Å². The normalized spacial score (nSPS) is 11.7. The summed E-state index contributed by atoms with van der Waals surface area (Å²) in [5.74, 6) is -0.751. The van der Waals surface area contributed by atoms with Gasteiger partial charge in [-0.1, -0.05) is 11.6 Å². The molecule has 0 spiro atoms. The van der Waals surface area contributed by atoms with E-state index in [1.807, 2.05) is 0 Å². The molecule has 108 valence electrons. The number of carbonyl (C=O) groups is 1. The summed E-state index contributed by atoms with van der Waals surface area (Å²) in [6, 6.07) is 5.15. The molecule has 6 nitrogen and oxygen atoms in total. The van der Waals surface area contributed by atoms with E-state index in [0.29, 0.717) is 15.6 Å². The molecule has 20 heavy (non-hydrogen) atoms. The number of carbonyl (C=O) groups excluding carboxylic acids is 1. The first-order valence-corrected chi connectivity index (χ1v) is 8.45. The van der Waals surface area contributed by atoms with Gasteiger partial charge in [0.05, 0.1) is 11.4 Å². The van der Waals surface area contributed by atoms with Crippen molar-refractivity contribution in [1.29, 1.82) is 0 Å². The molecule has 0 aliphatic carbocycles. The van der Waals surface area contributed by atoms with Crippen molar-refractivity contribution < 1.29 is 13.2 Å². The molecule has 1 amide bonds. The summed E-state index contributed by atoms with van der Waals surface area (Å²) >= 11 is 7.08. The van der Waals surface area contributed by atoms with Gasteiger partial charge in [-0.2, -0.15) is 0 Å². The number of thiophene rings is 1. The van der Waals surface area contributed by atoms with Crippen LogP contribution < -0.4 is 16.2 Å². The van der Waals surface area contributed by atoms with Crippen LogP contribution in [0.25, 0.3) is 10.1 Å².